The molecule has 0 unspecified atom stereocenters. The van der Waals surface area contributed by atoms with Crippen LogP contribution in [0.25, 0.3) is 39.5 Å². The van der Waals surface area contributed by atoms with E-state index in [9.17, 15) is 0 Å². The maximum absolute atomic E-state index is 6.53. The number of rotatable bonds is 4. The van der Waals surface area contributed by atoms with Gasteiger partial charge in [-0.25, -0.2) is 9.50 Å². The van der Waals surface area contributed by atoms with Crippen molar-refractivity contribution in [1.29, 1.82) is 0 Å². The van der Waals surface area contributed by atoms with Crippen LogP contribution in [-0.4, -0.2) is 19.6 Å². The molecule has 2 aromatic heterocycles. The third-order valence-electron chi connectivity index (χ3n) is 6.43. The first-order valence-corrected chi connectivity index (χ1v) is 11.0. The summed E-state index contributed by atoms with van der Waals surface area (Å²) >= 11 is 0. The summed E-state index contributed by atoms with van der Waals surface area (Å²) in [6.07, 6.45) is 5.32. The highest BCUT2D eigenvalue weighted by Gasteiger charge is 2.34. The third kappa shape index (κ3) is 3.18. The number of nitrogens with zero attached hydrogens (tertiary/aromatic N) is 4. The van der Waals surface area contributed by atoms with Crippen molar-refractivity contribution in [1.82, 2.24) is 19.6 Å². The van der Waals surface area contributed by atoms with Gasteiger partial charge in [0.15, 0.2) is 5.82 Å². The van der Waals surface area contributed by atoms with Gasteiger partial charge >= 0.3 is 0 Å². The van der Waals surface area contributed by atoms with Crippen LogP contribution in [0.5, 0.6) is 0 Å². The van der Waals surface area contributed by atoms with Crippen LogP contribution in [0.2, 0.25) is 0 Å². The second-order valence-electron chi connectivity index (χ2n) is 8.50. The van der Waals surface area contributed by atoms with Gasteiger partial charge in [-0.05, 0) is 30.4 Å². The van der Waals surface area contributed by atoms with Crippen LogP contribution in [0.1, 0.15) is 24.8 Å². The molecular weight excluding hydrogens is 394 g/mol. The van der Waals surface area contributed by atoms with E-state index in [1.807, 2.05) is 54.7 Å². The lowest BCUT2D eigenvalue weighted by molar-refractivity contribution is 0.253. The highest BCUT2D eigenvalue weighted by atomic mass is 15.3. The van der Waals surface area contributed by atoms with Gasteiger partial charge in [-0.3, -0.25) is 0 Å². The molecule has 0 bridgehead atoms. The van der Waals surface area contributed by atoms with Crippen molar-refractivity contribution in [2.75, 3.05) is 0 Å². The van der Waals surface area contributed by atoms with Gasteiger partial charge in [-0.1, -0.05) is 84.9 Å². The van der Waals surface area contributed by atoms with Gasteiger partial charge in [0, 0.05) is 28.4 Å². The van der Waals surface area contributed by atoms with Crippen LogP contribution >= 0.6 is 0 Å². The first-order valence-electron chi connectivity index (χ1n) is 11.0. The number of benzene rings is 3. The third-order valence-corrected chi connectivity index (χ3v) is 6.43. The van der Waals surface area contributed by atoms with E-state index in [0.29, 0.717) is 11.6 Å². The van der Waals surface area contributed by atoms with Crippen molar-refractivity contribution < 1.29 is 0 Å². The maximum atomic E-state index is 6.53. The smallest absolute Gasteiger partial charge is 0.253 e. The molecule has 1 saturated carbocycles. The first-order chi connectivity index (χ1) is 15.7. The Morgan fingerprint density at radius 2 is 1.38 bits per heavy atom. The Kier molecular flexibility index (Phi) is 4.37. The predicted molar refractivity (Wildman–Crippen MR) is 127 cm³/mol. The molecule has 0 amide bonds. The molecule has 5 aromatic rings. The van der Waals surface area contributed by atoms with E-state index >= 15 is 0 Å². The molecule has 1 aliphatic rings. The lowest BCUT2D eigenvalue weighted by Gasteiger charge is -2.38. The summed E-state index contributed by atoms with van der Waals surface area (Å²) in [7, 11) is 0. The zero-order chi connectivity index (χ0) is 21.5. The molecular formula is C27H23N5. The minimum absolute atomic E-state index is 0.171. The average molecular weight is 418 g/mol. The standard InChI is InChI=1S/C27H23N5/c28-27(16-7-17-27)22-14-12-20(13-15-22)24-23(19-8-3-1-4-9-19)18-32-26(29-24)30-25(31-32)21-10-5-2-6-11-21/h1-6,8-15,18H,7,16-17,28H2. The molecule has 0 radical (unpaired) electrons. The summed E-state index contributed by atoms with van der Waals surface area (Å²) in [5, 5.41) is 4.70. The molecule has 0 spiro atoms. The summed E-state index contributed by atoms with van der Waals surface area (Å²) in [5.74, 6) is 1.25. The zero-order valence-electron chi connectivity index (χ0n) is 17.6. The van der Waals surface area contributed by atoms with Crippen LogP contribution in [0.3, 0.4) is 0 Å². The summed E-state index contributed by atoms with van der Waals surface area (Å²) in [4.78, 5) is 9.66. The molecule has 5 heteroatoms. The molecule has 5 nitrogen and oxygen atoms in total. The maximum Gasteiger partial charge on any atom is 0.253 e. The second-order valence-corrected chi connectivity index (χ2v) is 8.50. The Morgan fingerprint density at radius 3 is 2.00 bits per heavy atom. The Bertz CT molecular complexity index is 1390. The Morgan fingerprint density at radius 1 is 0.719 bits per heavy atom. The van der Waals surface area contributed by atoms with Crippen LogP contribution in [0.15, 0.2) is 91.1 Å². The van der Waals surface area contributed by atoms with Crippen LogP contribution < -0.4 is 5.73 Å². The monoisotopic (exact) mass is 417 g/mol. The Hall–Kier alpha value is -3.83. The predicted octanol–water partition coefficient (Wildman–Crippen LogP) is 5.46. The zero-order valence-corrected chi connectivity index (χ0v) is 17.6. The van der Waals surface area contributed by atoms with Gasteiger partial charge in [-0.15, -0.1) is 5.10 Å². The van der Waals surface area contributed by atoms with E-state index in [0.717, 1.165) is 40.8 Å². The van der Waals surface area contributed by atoms with Crippen LogP contribution in [0.4, 0.5) is 0 Å². The average Bonchev–Trinajstić information content (AvgIpc) is 3.26. The van der Waals surface area contributed by atoms with Crippen molar-refractivity contribution in [3.05, 3.63) is 96.7 Å². The van der Waals surface area contributed by atoms with Gasteiger partial charge in [0.05, 0.1) is 5.69 Å². The van der Waals surface area contributed by atoms with E-state index in [-0.39, 0.29) is 5.54 Å². The summed E-state index contributed by atoms with van der Waals surface area (Å²) in [6, 6.07) is 28.8. The number of fused-ring (bicyclic) bond motifs is 1. The number of hydrogen-bond acceptors (Lipinski definition) is 4. The minimum Gasteiger partial charge on any atom is -0.321 e. The van der Waals surface area contributed by atoms with E-state index in [2.05, 4.69) is 36.4 Å². The largest absolute Gasteiger partial charge is 0.321 e. The lowest BCUT2D eigenvalue weighted by Crippen LogP contribution is -2.43. The van der Waals surface area contributed by atoms with Gasteiger partial charge in [-0.2, -0.15) is 4.98 Å². The minimum atomic E-state index is -0.171. The van der Waals surface area contributed by atoms with Crippen molar-refractivity contribution in [3.63, 3.8) is 0 Å². The number of aromatic nitrogens is 4. The molecule has 2 heterocycles. The second kappa shape index (κ2) is 7.39. The van der Waals surface area contributed by atoms with E-state index in [1.165, 1.54) is 12.0 Å². The SMILES string of the molecule is NC1(c2ccc(-c3nc4nc(-c5ccccc5)nn4cc3-c3ccccc3)cc2)CCC1. The van der Waals surface area contributed by atoms with E-state index in [1.54, 1.807) is 4.52 Å². The van der Waals surface area contributed by atoms with Gasteiger partial charge in [0.2, 0.25) is 0 Å². The molecule has 32 heavy (non-hydrogen) atoms. The van der Waals surface area contributed by atoms with Crippen molar-refractivity contribution in [2.24, 2.45) is 5.73 Å². The van der Waals surface area contributed by atoms with Crippen molar-refractivity contribution in [2.45, 2.75) is 24.8 Å². The summed E-state index contributed by atoms with van der Waals surface area (Å²) in [6.45, 7) is 0. The molecule has 156 valence electrons. The molecule has 0 aliphatic heterocycles. The fourth-order valence-electron chi connectivity index (χ4n) is 4.39. The van der Waals surface area contributed by atoms with E-state index < -0.39 is 0 Å². The number of nitrogens with two attached hydrogens (primary N) is 1. The molecule has 6 rings (SSSR count). The fourth-order valence-corrected chi connectivity index (χ4v) is 4.39. The van der Waals surface area contributed by atoms with Gasteiger partial charge in [0.25, 0.3) is 5.78 Å². The van der Waals surface area contributed by atoms with E-state index in [4.69, 9.17) is 20.8 Å². The molecule has 0 saturated heterocycles. The lowest BCUT2D eigenvalue weighted by atomic mass is 9.72. The van der Waals surface area contributed by atoms with Crippen LogP contribution in [0, 0.1) is 0 Å². The quantitative estimate of drug-likeness (QED) is 0.421. The Labute approximate surface area is 186 Å². The molecule has 2 N–H and O–H groups in total. The van der Waals surface area contributed by atoms with Gasteiger partial charge < -0.3 is 5.73 Å². The molecule has 3 aromatic carbocycles. The molecule has 1 aliphatic carbocycles. The van der Waals surface area contributed by atoms with Crippen LogP contribution in [-0.2, 0) is 5.54 Å². The van der Waals surface area contributed by atoms with Crippen molar-refractivity contribution >= 4 is 5.78 Å². The summed E-state index contributed by atoms with van der Waals surface area (Å²) in [5.41, 5.74) is 12.6. The highest BCUT2D eigenvalue weighted by molar-refractivity contribution is 5.81. The topological polar surface area (TPSA) is 69.1 Å². The normalized spacial score (nSPS) is 14.9. The first kappa shape index (κ1) is 18.9. The van der Waals surface area contributed by atoms with Gasteiger partial charge in [0.1, 0.15) is 0 Å². The summed E-state index contributed by atoms with van der Waals surface area (Å²) < 4.78 is 1.77. The Balaban J connectivity index is 1.50. The molecule has 0 atom stereocenters. The van der Waals surface area contributed by atoms with Crippen molar-refractivity contribution in [3.8, 4) is 33.8 Å². The number of hydrogen-bond donors (Lipinski definition) is 1. The molecule has 1 fully saturated rings. The fraction of sp³-hybridized carbons (Fsp3) is 0.148. The highest BCUT2D eigenvalue weighted by Crippen LogP contribution is 2.39.